The molecule has 0 aliphatic carbocycles. The largest absolute Gasteiger partial charge is 0.485 e. The van der Waals surface area contributed by atoms with Gasteiger partial charge in [0.05, 0.1) is 17.7 Å². The van der Waals surface area contributed by atoms with Gasteiger partial charge in [0.15, 0.2) is 0 Å². The zero-order valence-corrected chi connectivity index (χ0v) is 16.9. The SMILES string of the molecule is COC(=O)c1ccnc(NC(=O)N2CCC3(CCc4cccc(Cl)c4O3)CC2)c1. The number of aryl methyl sites for hydroxylation is 1. The first kappa shape index (κ1) is 19.5. The van der Waals surface area contributed by atoms with Crippen LogP contribution in [0.4, 0.5) is 10.6 Å². The number of likely N-dealkylation sites (tertiary alicyclic amines) is 1. The Kier molecular flexibility index (Phi) is 5.32. The van der Waals surface area contributed by atoms with Crippen LogP contribution in [0.15, 0.2) is 36.5 Å². The van der Waals surface area contributed by atoms with Crippen LogP contribution < -0.4 is 10.1 Å². The lowest BCUT2D eigenvalue weighted by Gasteiger charge is -2.44. The molecule has 2 aromatic rings. The fourth-order valence-corrected chi connectivity index (χ4v) is 4.13. The Labute approximate surface area is 174 Å². The maximum absolute atomic E-state index is 12.6. The Balaban J connectivity index is 1.38. The molecule has 2 aliphatic heterocycles. The number of pyridine rings is 1. The normalized spacial score (nSPS) is 17.2. The Morgan fingerprint density at radius 1 is 1.24 bits per heavy atom. The van der Waals surface area contributed by atoms with Crippen molar-refractivity contribution in [2.45, 2.75) is 31.3 Å². The molecule has 0 radical (unpaired) electrons. The molecule has 1 aromatic heterocycles. The fourth-order valence-electron chi connectivity index (χ4n) is 3.90. The van der Waals surface area contributed by atoms with Crippen LogP contribution in [-0.2, 0) is 11.2 Å². The monoisotopic (exact) mass is 415 g/mol. The van der Waals surface area contributed by atoms with E-state index in [9.17, 15) is 9.59 Å². The molecule has 1 fully saturated rings. The van der Waals surface area contributed by atoms with Crippen LogP contribution in [0.25, 0.3) is 0 Å². The minimum atomic E-state index is -0.476. The summed E-state index contributed by atoms with van der Waals surface area (Å²) in [6.45, 7) is 1.14. The number of urea groups is 1. The summed E-state index contributed by atoms with van der Waals surface area (Å²) in [5, 5.41) is 3.39. The van der Waals surface area contributed by atoms with E-state index in [1.165, 1.54) is 25.4 Å². The summed E-state index contributed by atoms with van der Waals surface area (Å²) in [5.74, 6) is 0.617. The maximum Gasteiger partial charge on any atom is 0.338 e. The third-order valence-electron chi connectivity index (χ3n) is 5.59. The molecule has 1 N–H and O–H groups in total. The molecule has 3 heterocycles. The number of esters is 1. The summed E-state index contributed by atoms with van der Waals surface area (Å²) in [7, 11) is 1.31. The second-order valence-electron chi connectivity index (χ2n) is 7.35. The van der Waals surface area contributed by atoms with Gasteiger partial charge in [-0.25, -0.2) is 14.6 Å². The number of halogens is 1. The molecular formula is C21H22ClN3O4. The molecule has 0 bridgehead atoms. The van der Waals surface area contributed by atoms with Gasteiger partial charge in [0.1, 0.15) is 17.2 Å². The first-order valence-electron chi connectivity index (χ1n) is 9.56. The molecule has 2 aliphatic rings. The van der Waals surface area contributed by atoms with Crippen LogP contribution in [0.3, 0.4) is 0 Å². The highest BCUT2D eigenvalue weighted by molar-refractivity contribution is 6.32. The van der Waals surface area contributed by atoms with Gasteiger partial charge >= 0.3 is 12.0 Å². The van der Waals surface area contributed by atoms with Gasteiger partial charge in [0, 0.05) is 32.1 Å². The van der Waals surface area contributed by atoms with Crippen molar-refractivity contribution in [1.29, 1.82) is 0 Å². The van der Waals surface area contributed by atoms with Crippen molar-refractivity contribution in [3.63, 3.8) is 0 Å². The number of nitrogens with one attached hydrogen (secondary N) is 1. The Hall–Kier alpha value is -2.80. The zero-order valence-electron chi connectivity index (χ0n) is 16.1. The van der Waals surface area contributed by atoms with Crippen molar-refractivity contribution in [2.75, 3.05) is 25.5 Å². The van der Waals surface area contributed by atoms with Crippen LogP contribution >= 0.6 is 11.6 Å². The van der Waals surface area contributed by atoms with Gasteiger partial charge in [-0.15, -0.1) is 0 Å². The number of para-hydroxylation sites is 1. The molecular weight excluding hydrogens is 394 g/mol. The third kappa shape index (κ3) is 4.00. The Morgan fingerprint density at radius 2 is 2.03 bits per heavy atom. The minimum absolute atomic E-state index is 0.247. The first-order valence-corrected chi connectivity index (χ1v) is 9.94. The number of benzene rings is 1. The second kappa shape index (κ2) is 7.91. The number of fused-ring (bicyclic) bond motifs is 1. The van der Waals surface area contributed by atoms with Gasteiger partial charge in [-0.1, -0.05) is 23.7 Å². The third-order valence-corrected chi connectivity index (χ3v) is 5.89. The highest BCUT2D eigenvalue weighted by Crippen LogP contribution is 2.42. The molecule has 1 aromatic carbocycles. The number of methoxy groups -OCH3 is 1. The van der Waals surface area contributed by atoms with Crippen molar-refractivity contribution in [1.82, 2.24) is 9.88 Å². The quantitative estimate of drug-likeness (QED) is 0.752. The van der Waals surface area contributed by atoms with E-state index in [2.05, 4.69) is 10.3 Å². The average Bonchev–Trinajstić information content (AvgIpc) is 2.74. The van der Waals surface area contributed by atoms with E-state index in [0.717, 1.165) is 37.0 Å². The Bertz CT molecular complexity index is 941. The molecule has 4 rings (SSSR count). The zero-order chi connectivity index (χ0) is 20.4. The van der Waals surface area contributed by atoms with Crippen LogP contribution in [0.5, 0.6) is 5.75 Å². The van der Waals surface area contributed by atoms with Crippen molar-refractivity contribution in [3.8, 4) is 5.75 Å². The van der Waals surface area contributed by atoms with Gasteiger partial charge in [-0.05, 0) is 36.6 Å². The molecule has 1 spiro atoms. The van der Waals surface area contributed by atoms with Crippen LogP contribution in [0.1, 0.15) is 35.2 Å². The highest BCUT2D eigenvalue weighted by Gasteiger charge is 2.41. The number of amides is 2. The number of rotatable bonds is 2. The highest BCUT2D eigenvalue weighted by atomic mass is 35.5. The van der Waals surface area contributed by atoms with E-state index in [1.807, 2.05) is 18.2 Å². The van der Waals surface area contributed by atoms with Gasteiger partial charge < -0.3 is 14.4 Å². The summed E-state index contributed by atoms with van der Waals surface area (Å²) in [6, 6.07) is 8.62. The lowest BCUT2D eigenvalue weighted by molar-refractivity contribution is -0.00428. The fraction of sp³-hybridized carbons (Fsp3) is 0.381. The molecule has 0 saturated carbocycles. The number of hydrogen-bond acceptors (Lipinski definition) is 5. The number of anilines is 1. The summed E-state index contributed by atoms with van der Waals surface area (Å²) < 4.78 is 11.0. The number of carbonyl (C=O) groups is 2. The number of ether oxygens (including phenoxy) is 2. The molecule has 0 unspecified atom stereocenters. The predicted molar refractivity (Wildman–Crippen MR) is 109 cm³/mol. The molecule has 7 nitrogen and oxygen atoms in total. The van der Waals surface area contributed by atoms with Crippen LogP contribution in [-0.4, -0.2) is 47.7 Å². The van der Waals surface area contributed by atoms with E-state index in [-0.39, 0.29) is 11.6 Å². The molecule has 0 atom stereocenters. The smallest absolute Gasteiger partial charge is 0.338 e. The van der Waals surface area contributed by atoms with E-state index >= 15 is 0 Å². The number of piperidine rings is 1. The minimum Gasteiger partial charge on any atom is -0.485 e. The first-order chi connectivity index (χ1) is 14.0. The lowest BCUT2D eigenvalue weighted by Crippen LogP contribution is -2.52. The summed E-state index contributed by atoms with van der Waals surface area (Å²) >= 11 is 6.32. The van der Waals surface area contributed by atoms with Crippen molar-refractivity contribution in [3.05, 3.63) is 52.7 Å². The molecule has 1 saturated heterocycles. The topological polar surface area (TPSA) is 80.8 Å². The summed E-state index contributed by atoms with van der Waals surface area (Å²) in [4.78, 5) is 30.1. The number of nitrogens with zero attached hydrogens (tertiary/aromatic N) is 2. The number of aromatic nitrogens is 1. The average molecular weight is 416 g/mol. The molecule has 152 valence electrons. The summed E-state index contributed by atoms with van der Waals surface area (Å²) in [5.41, 5.74) is 1.19. The van der Waals surface area contributed by atoms with Crippen LogP contribution in [0.2, 0.25) is 5.02 Å². The predicted octanol–water partition coefficient (Wildman–Crippen LogP) is 3.91. The van der Waals surface area contributed by atoms with Crippen molar-refractivity contribution < 1.29 is 19.1 Å². The molecule has 29 heavy (non-hydrogen) atoms. The van der Waals surface area contributed by atoms with E-state index in [0.29, 0.717) is 29.5 Å². The Morgan fingerprint density at radius 3 is 2.79 bits per heavy atom. The second-order valence-corrected chi connectivity index (χ2v) is 7.76. The van der Waals surface area contributed by atoms with Gasteiger partial charge in [0.25, 0.3) is 0 Å². The van der Waals surface area contributed by atoms with Gasteiger partial charge in [0.2, 0.25) is 0 Å². The molecule has 2 amide bonds. The number of hydrogen-bond donors (Lipinski definition) is 1. The molecule has 8 heteroatoms. The standard InChI is InChI=1S/C21H22ClN3O4/c1-28-19(26)15-6-10-23-17(13-15)24-20(27)25-11-8-21(9-12-25)7-5-14-3-2-4-16(22)18(14)29-21/h2-4,6,10,13H,5,7-9,11-12H2,1H3,(H,23,24,27). The van der Waals surface area contributed by atoms with Crippen molar-refractivity contribution in [2.24, 2.45) is 0 Å². The van der Waals surface area contributed by atoms with E-state index < -0.39 is 5.97 Å². The van der Waals surface area contributed by atoms with E-state index in [1.54, 1.807) is 4.90 Å². The maximum atomic E-state index is 12.6. The summed E-state index contributed by atoms with van der Waals surface area (Å²) in [6.07, 6.45) is 4.77. The number of carbonyl (C=O) groups excluding carboxylic acids is 2. The lowest BCUT2D eigenvalue weighted by atomic mass is 9.83. The van der Waals surface area contributed by atoms with Gasteiger partial charge in [-0.2, -0.15) is 0 Å². The van der Waals surface area contributed by atoms with Crippen molar-refractivity contribution >= 4 is 29.4 Å². The van der Waals surface area contributed by atoms with Gasteiger partial charge in [-0.3, -0.25) is 5.32 Å². The van der Waals surface area contributed by atoms with Crippen LogP contribution in [0, 0.1) is 0 Å². The van der Waals surface area contributed by atoms with E-state index in [4.69, 9.17) is 21.1 Å².